The second-order valence-corrected chi connectivity index (χ2v) is 8.92. The molecule has 0 aliphatic carbocycles. The van der Waals surface area contributed by atoms with E-state index in [4.69, 9.17) is 16.7 Å². The van der Waals surface area contributed by atoms with Gasteiger partial charge < -0.3 is 15.0 Å². The van der Waals surface area contributed by atoms with Gasteiger partial charge in [0, 0.05) is 27.9 Å². The van der Waals surface area contributed by atoms with Gasteiger partial charge in [-0.3, -0.25) is 14.4 Å². The Kier molecular flexibility index (Phi) is 6.66. The second kappa shape index (κ2) is 9.02. The van der Waals surface area contributed by atoms with Gasteiger partial charge in [-0.1, -0.05) is 18.5 Å². The van der Waals surface area contributed by atoms with E-state index < -0.39 is 5.97 Å². The molecule has 1 aromatic carbocycles. The molecule has 0 saturated heterocycles. The van der Waals surface area contributed by atoms with Crippen LogP contribution in [-0.4, -0.2) is 38.8 Å². The molecule has 0 radical (unpaired) electrons. The Morgan fingerprint density at radius 2 is 1.97 bits per heavy atom. The van der Waals surface area contributed by atoms with Crippen LogP contribution >= 0.6 is 34.7 Å². The minimum Gasteiger partial charge on any atom is -0.481 e. The summed E-state index contributed by atoms with van der Waals surface area (Å²) in [5, 5.41) is 13.4. The number of hydrogen-bond donors (Lipinski definition) is 2. The number of nitrogens with zero attached hydrogens (tertiary/aromatic N) is 1. The zero-order chi connectivity index (χ0) is 21.1. The van der Waals surface area contributed by atoms with Gasteiger partial charge in [-0.15, -0.1) is 23.1 Å². The summed E-state index contributed by atoms with van der Waals surface area (Å²) < 4.78 is 1.81. The number of carbonyl (C=O) groups is 3. The lowest BCUT2D eigenvalue weighted by Gasteiger charge is -2.07. The molecule has 0 saturated carbocycles. The van der Waals surface area contributed by atoms with Crippen LogP contribution in [0.3, 0.4) is 0 Å². The smallest absolute Gasteiger partial charge is 0.313 e. The number of hydrogen-bond acceptors (Lipinski definition) is 5. The Labute approximate surface area is 180 Å². The van der Waals surface area contributed by atoms with Gasteiger partial charge >= 0.3 is 5.97 Å². The second-order valence-electron chi connectivity index (χ2n) is 6.36. The molecule has 29 heavy (non-hydrogen) atoms. The molecule has 0 aliphatic rings. The number of aliphatic carboxylic acids is 1. The summed E-state index contributed by atoms with van der Waals surface area (Å²) in [4.78, 5) is 37.1. The molecule has 6 nitrogen and oxygen atoms in total. The monoisotopic (exact) mass is 450 g/mol. The zero-order valence-corrected chi connectivity index (χ0v) is 18.2. The SMILES string of the molecule is CCc1cc(C(=O)c2cc3cc(Cl)ccc3n2C)c(NC(=O)CSCC(=O)O)s1. The van der Waals surface area contributed by atoms with Crippen molar-refractivity contribution in [1.29, 1.82) is 0 Å². The lowest BCUT2D eigenvalue weighted by molar-refractivity contribution is -0.133. The van der Waals surface area contributed by atoms with E-state index in [0.717, 1.165) is 34.0 Å². The van der Waals surface area contributed by atoms with Crippen molar-refractivity contribution in [1.82, 2.24) is 4.57 Å². The van der Waals surface area contributed by atoms with Crippen LogP contribution in [-0.2, 0) is 23.1 Å². The number of aryl methyl sites for hydroxylation is 2. The minimum atomic E-state index is -0.973. The minimum absolute atomic E-state index is 0.00578. The van der Waals surface area contributed by atoms with Crippen LogP contribution in [0.1, 0.15) is 27.9 Å². The number of ketones is 1. The molecule has 2 N–H and O–H groups in total. The van der Waals surface area contributed by atoms with E-state index in [1.54, 1.807) is 24.3 Å². The number of carboxylic acids is 1. The number of halogens is 1. The van der Waals surface area contributed by atoms with Crippen molar-refractivity contribution in [2.75, 3.05) is 16.8 Å². The molecular weight excluding hydrogens is 432 g/mol. The highest BCUT2D eigenvalue weighted by Crippen LogP contribution is 2.32. The first-order valence-electron chi connectivity index (χ1n) is 8.82. The summed E-state index contributed by atoms with van der Waals surface area (Å²) >= 11 is 8.43. The lowest BCUT2D eigenvalue weighted by atomic mass is 10.1. The molecule has 2 aromatic heterocycles. The summed E-state index contributed by atoms with van der Waals surface area (Å²) in [6.45, 7) is 1.98. The molecule has 152 valence electrons. The van der Waals surface area contributed by atoms with Crippen molar-refractivity contribution in [3.05, 3.63) is 51.5 Å². The zero-order valence-electron chi connectivity index (χ0n) is 15.8. The average Bonchev–Trinajstić information content (AvgIpc) is 3.21. The van der Waals surface area contributed by atoms with Gasteiger partial charge in [0.05, 0.1) is 22.8 Å². The standard InChI is InChI=1S/C20H19ClN2O4S2/c1-3-13-8-14(20(29-13)22-17(24)9-28-10-18(25)26)19(27)16-7-11-6-12(21)4-5-15(11)23(16)2/h4-8H,3,9-10H2,1-2H3,(H,22,24)(H,25,26). The molecule has 1 amide bonds. The Morgan fingerprint density at radius 3 is 2.66 bits per heavy atom. The van der Waals surface area contributed by atoms with Crippen LogP contribution < -0.4 is 5.32 Å². The number of carbonyl (C=O) groups excluding carboxylic acids is 2. The molecule has 3 aromatic rings. The number of carboxylic acid groups (broad SMARTS) is 1. The Balaban J connectivity index is 1.89. The first-order valence-corrected chi connectivity index (χ1v) is 11.2. The topological polar surface area (TPSA) is 88.4 Å². The molecule has 0 aliphatic heterocycles. The summed E-state index contributed by atoms with van der Waals surface area (Å²) in [5.41, 5.74) is 1.82. The van der Waals surface area contributed by atoms with E-state index in [1.807, 2.05) is 24.6 Å². The predicted octanol–water partition coefficient (Wildman–Crippen LogP) is 4.44. The first kappa shape index (κ1) is 21.4. The molecule has 0 atom stereocenters. The maximum Gasteiger partial charge on any atom is 0.313 e. The number of rotatable bonds is 8. The van der Waals surface area contributed by atoms with E-state index in [1.165, 1.54) is 11.3 Å². The summed E-state index contributed by atoms with van der Waals surface area (Å²) in [7, 11) is 1.82. The number of aromatic nitrogens is 1. The van der Waals surface area contributed by atoms with Gasteiger partial charge in [0.25, 0.3) is 0 Å². The van der Waals surface area contributed by atoms with Gasteiger partial charge in [0.2, 0.25) is 11.7 Å². The van der Waals surface area contributed by atoms with Crippen LogP contribution in [0.15, 0.2) is 30.3 Å². The van der Waals surface area contributed by atoms with Crippen molar-refractivity contribution in [2.24, 2.45) is 7.05 Å². The molecule has 0 bridgehead atoms. The third-order valence-electron chi connectivity index (χ3n) is 4.32. The van der Waals surface area contributed by atoms with Crippen molar-refractivity contribution < 1.29 is 19.5 Å². The van der Waals surface area contributed by atoms with Crippen LogP contribution in [0, 0.1) is 0 Å². The number of nitrogens with one attached hydrogen (secondary N) is 1. The van der Waals surface area contributed by atoms with Crippen LogP contribution in [0.25, 0.3) is 10.9 Å². The van der Waals surface area contributed by atoms with Crippen molar-refractivity contribution >= 4 is 68.3 Å². The van der Waals surface area contributed by atoms with Gasteiger partial charge in [0.1, 0.15) is 5.00 Å². The van der Waals surface area contributed by atoms with Crippen molar-refractivity contribution in [3.8, 4) is 0 Å². The molecule has 0 fully saturated rings. The van der Waals surface area contributed by atoms with E-state index in [-0.39, 0.29) is 23.2 Å². The lowest BCUT2D eigenvalue weighted by Crippen LogP contribution is -2.17. The number of amides is 1. The van der Waals surface area contributed by atoms with Crippen LogP contribution in [0.5, 0.6) is 0 Å². The Hall–Kier alpha value is -2.29. The maximum absolute atomic E-state index is 13.3. The molecule has 9 heteroatoms. The molecule has 3 rings (SSSR count). The van der Waals surface area contributed by atoms with Gasteiger partial charge in [-0.25, -0.2) is 0 Å². The number of fused-ring (bicyclic) bond motifs is 1. The van der Waals surface area contributed by atoms with E-state index in [0.29, 0.717) is 21.3 Å². The highest BCUT2D eigenvalue weighted by atomic mass is 35.5. The third kappa shape index (κ3) is 4.83. The maximum atomic E-state index is 13.3. The molecule has 2 heterocycles. The first-order chi connectivity index (χ1) is 13.8. The predicted molar refractivity (Wildman–Crippen MR) is 119 cm³/mol. The summed E-state index contributed by atoms with van der Waals surface area (Å²) in [6.07, 6.45) is 0.735. The average molecular weight is 451 g/mol. The third-order valence-corrected chi connectivity index (χ3v) is 6.67. The fraction of sp³-hybridized carbons (Fsp3) is 0.250. The van der Waals surface area contributed by atoms with Gasteiger partial charge in [0.15, 0.2) is 0 Å². The van der Waals surface area contributed by atoms with Crippen molar-refractivity contribution in [2.45, 2.75) is 13.3 Å². The van der Waals surface area contributed by atoms with E-state index >= 15 is 0 Å². The normalized spacial score (nSPS) is 11.0. The largest absolute Gasteiger partial charge is 0.481 e. The van der Waals surface area contributed by atoms with E-state index in [9.17, 15) is 14.4 Å². The highest BCUT2D eigenvalue weighted by molar-refractivity contribution is 8.00. The van der Waals surface area contributed by atoms with Gasteiger partial charge in [-0.05, 0) is 36.8 Å². The van der Waals surface area contributed by atoms with Crippen molar-refractivity contribution in [3.63, 3.8) is 0 Å². The Morgan fingerprint density at radius 1 is 1.21 bits per heavy atom. The fourth-order valence-electron chi connectivity index (χ4n) is 2.95. The summed E-state index contributed by atoms with van der Waals surface area (Å²) in [6, 6.07) is 9.04. The highest BCUT2D eigenvalue weighted by Gasteiger charge is 2.22. The number of benzene rings is 1. The summed E-state index contributed by atoms with van der Waals surface area (Å²) in [5.74, 6) is -1.64. The number of thiophene rings is 1. The van der Waals surface area contributed by atoms with E-state index in [2.05, 4.69) is 5.32 Å². The molecular formula is C20H19ClN2O4S2. The number of thioether (sulfide) groups is 1. The van der Waals surface area contributed by atoms with Crippen LogP contribution in [0.2, 0.25) is 5.02 Å². The molecule has 0 unspecified atom stereocenters. The Bertz CT molecular complexity index is 1100. The van der Waals surface area contributed by atoms with Gasteiger partial charge in [-0.2, -0.15) is 0 Å². The quantitative estimate of drug-likeness (QED) is 0.495. The van der Waals surface area contributed by atoms with Crippen LogP contribution in [0.4, 0.5) is 5.00 Å². The fourth-order valence-corrected chi connectivity index (χ4v) is 4.67. The molecule has 0 spiro atoms. The number of anilines is 1.